The molecule has 5 N–H and O–H groups in total. The molecule has 0 amide bonds. The average Bonchev–Trinajstić information content (AvgIpc) is 3.46. The van der Waals surface area contributed by atoms with Crippen molar-refractivity contribution in [3.05, 3.63) is 42.7 Å². The van der Waals surface area contributed by atoms with Crippen LogP contribution in [0, 0.1) is 0 Å². The lowest BCUT2D eigenvalue weighted by Crippen LogP contribution is -2.34. The number of halogens is 1. The number of nitrogens with zero attached hydrogens (tertiary/aromatic N) is 5. The maximum Gasteiger partial charge on any atom is 0.478 e. The normalized spacial score (nSPS) is 24.1. The van der Waals surface area contributed by atoms with Crippen LogP contribution in [0.4, 0.5) is 5.82 Å². The minimum Gasteiger partial charge on any atom is -0.756 e. The van der Waals surface area contributed by atoms with Crippen molar-refractivity contribution in [3.8, 4) is 0 Å². The number of aliphatic hydroxyl groups is 2. The number of carbonyl (C=O) groups excluding carboxylic acids is 1. The van der Waals surface area contributed by atoms with E-state index in [1.807, 2.05) is 0 Å². The lowest BCUT2D eigenvalue weighted by atomic mass is 10.1. The molecule has 2 unspecified atom stereocenters. The molecule has 3 aromatic heterocycles. The molecular formula is C20H25BrN6O11P2. The number of phosphoric acid groups is 2. The number of aliphatic hydroxyl groups excluding tert-OH is 2. The number of ether oxygens (including phenoxy) is 1. The Bertz CT molecular complexity index is 1460. The molecule has 20 heteroatoms. The van der Waals surface area contributed by atoms with Crippen LogP contribution in [0.1, 0.15) is 23.0 Å². The minimum absolute atomic E-state index is 0.0778. The Morgan fingerprint density at radius 3 is 2.77 bits per heavy atom. The largest absolute Gasteiger partial charge is 0.756 e. The van der Waals surface area contributed by atoms with Gasteiger partial charge in [-0.25, -0.2) is 28.4 Å². The van der Waals surface area contributed by atoms with E-state index >= 15 is 0 Å². The third kappa shape index (κ3) is 7.35. The van der Waals surface area contributed by atoms with E-state index in [1.54, 1.807) is 29.1 Å². The Kier molecular flexibility index (Phi) is 9.80. The smallest absolute Gasteiger partial charge is 0.478 e. The van der Waals surface area contributed by atoms with Gasteiger partial charge in [-0.05, 0) is 6.07 Å². The number of nitrogens with two attached hydrogens (primary N) is 1. The number of hydrogen-bond donors (Lipinski definition) is 4. The van der Waals surface area contributed by atoms with Crippen LogP contribution < -0.4 is 15.2 Å². The number of phosphoric ester groups is 2. The van der Waals surface area contributed by atoms with Crippen LogP contribution in [0.5, 0.6) is 0 Å². The molecule has 6 atom stereocenters. The van der Waals surface area contributed by atoms with Crippen LogP contribution in [-0.2, 0) is 33.8 Å². The molecule has 1 aliphatic heterocycles. The Balaban J connectivity index is 1.27. The molecule has 3 aromatic rings. The van der Waals surface area contributed by atoms with Gasteiger partial charge < -0.3 is 35.0 Å². The van der Waals surface area contributed by atoms with Gasteiger partial charge in [-0.2, -0.15) is 0 Å². The van der Waals surface area contributed by atoms with Crippen molar-refractivity contribution in [2.45, 2.75) is 37.5 Å². The van der Waals surface area contributed by atoms with Gasteiger partial charge in [0, 0.05) is 12.5 Å². The van der Waals surface area contributed by atoms with E-state index in [4.69, 9.17) is 15.0 Å². The summed E-state index contributed by atoms with van der Waals surface area (Å²) in [7, 11) is -10.5. The van der Waals surface area contributed by atoms with E-state index < -0.39 is 53.4 Å². The van der Waals surface area contributed by atoms with Crippen LogP contribution >= 0.6 is 31.6 Å². The number of ketones is 1. The molecule has 0 aromatic carbocycles. The molecule has 0 bridgehead atoms. The Morgan fingerprint density at radius 1 is 1.25 bits per heavy atom. The molecule has 0 radical (unpaired) electrons. The SMILES string of the molecule is Nc1ncnc2c1ncn2[C@@H]1O[C@H](COP(=O)(O)OP(=O)([O-])OCCC[n+]2cccc(C(=O)CBr)c2)[C@@H](O)[C@H]1O. The number of aryl methyl sites for hydroxylation is 1. The van der Waals surface area contributed by atoms with E-state index in [2.05, 4.69) is 39.7 Å². The zero-order chi connectivity index (χ0) is 29.1. The number of Topliss-reactive ketones (excluding diaryl/α,β-unsaturated/α-hetero) is 1. The molecule has 40 heavy (non-hydrogen) atoms. The first-order chi connectivity index (χ1) is 18.9. The number of anilines is 1. The first-order valence-corrected chi connectivity index (χ1v) is 15.7. The zero-order valence-corrected chi connectivity index (χ0v) is 23.9. The summed E-state index contributed by atoms with van der Waals surface area (Å²) in [6.07, 6.45) is 0.112. The number of hydrogen-bond acceptors (Lipinski definition) is 14. The summed E-state index contributed by atoms with van der Waals surface area (Å²) < 4.78 is 46.3. The van der Waals surface area contributed by atoms with Gasteiger partial charge >= 0.3 is 7.82 Å². The molecule has 1 saturated heterocycles. The fourth-order valence-corrected chi connectivity index (χ4v) is 6.22. The zero-order valence-electron chi connectivity index (χ0n) is 20.5. The van der Waals surface area contributed by atoms with E-state index in [-0.39, 0.29) is 41.1 Å². The highest BCUT2D eigenvalue weighted by Crippen LogP contribution is 2.58. The minimum atomic E-state index is -5.29. The van der Waals surface area contributed by atoms with Crippen LogP contribution in [-0.4, -0.2) is 77.3 Å². The lowest BCUT2D eigenvalue weighted by Gasteiger charge is -2.25. The van der Waals surface area contributed by atoms with Crippen LogP contribution in [0.3, 0.4) is 0 Å². The fourth-order valence-electron chi connectivity index (χ4n) is 3.82. The maximum atomic E-state index is 12.3. The molecule has 218 valence electrons. The molecule has 4 heterocycles. The summed E-state index contributed by atoms with van der Waals surface area (Å²) >= 11 is 3.09. The number of fused-ring (bicyclic) bond motifs is 1. The molecule has 1 fully saturated rings. The summed E-state index contributed by atoms with van der Waals surface area (Å²) in [5, 5.41) is 21.0. The predicted octanol–water partition coefficient (Wildman–Crippen LogP) is -0.398. The van der Waals surface area contributed by atoms with Gasteiger partial charge in [-0.3, -0.25) is 18.5 Å². The molecule has 4 rings (SSSR count). The molecular weight excluding hydrogens is 642 g/mol. The monoisotopic (exact) mass is 666 g/mol. The Labute approximate surface area is 234 Å². The lowest BCUT2D eigenvalue weighted by molar-refractivity contribution is -0.697. The quantitative estimate of drug-likeness (QED) is 0.0596. The Hall–Kier alpha value is -2.21. The third-order valence-corrected chi connectivity index (χ3v) is 8.82. The second-order valence-corrected chi connectivity index (χ2v) is 12.1. The van der Waals surface area contributed by atoms with Gasteiger partial charge in [0.2, 0.25) is 0 Å². The summed E-state index contributed by atoms with van der Waals surface area (Å²) in [6.45, 7) is -0.941. The van der Waals surface area contributed by atoms with Crippen molar-refractivity contribution in [1.82, 2.24) is 19.5 Å². The summed E-state index contributed by atoms with van der Waals surface area (Å²) in [5.41, 5.74) is 6.63. The highest BCUT2D eigenvalue weighted by molar-refractivity contribution is 9.09. The third-order valence-electron chi connectivity index (χ3n) is 5.72. The number of nitrogen functional groups attached to an aromatic ring is 1. The van der Waals surface area contributed by atoms with Gasteiger partial charge in [0.25, 0.3) is 7.82 Å². The first kappa shape index (κ1) is 30.7. The number of pyridine rings is 1. The van der Waals surface area contributed by atoms with Gasteiger partial charge in [0.1, 0.15) is 30.2 Å². The van der Waals surface area contributed by atoms with Crippen LogP contribution in [0.25, 0.3) is 11.2 Å². The van der Waals surface area contributed by atoms with Gasteiger partial charge in [0.05, 0.1) is 30.4 Å². The molecule has 0 spiro atoms. The standard InChI is InChI=1S/C20H25BrN6O11P2/c21-7-13(28)12-3-1-4-26(8-12)5-2-6-35-39(31,32)38-40(33,34)36-9-14-16(29)17(30)20(37-14)27-11-25-15-18(22)23-10-24-19(15)27/h1,3-4,8,10-11,14,16-17,20,29-30H,2,5-7,9H2,(H3-,22,23,24,31,32,33,34)/t14-,16-,17-,20-/m1/s1. The van der Waals surface area contributed by atoms with Crippen molar-refractivity contribution < 1.29 is 56.6 Å². The van der Waals surface area contributed by atoms with Gasteiger partial charge in [-0.15, -0.1) is 0 Å². The number of rotatable bonds is 13. The van der Waals surface area contributed by atoms with Crippen molar-refractivity contribution in [2.24, 2.45) is 0 Å². The summed E-state index contributed by atoms with van der Waals surface area (Å²) in [5.74, 6) is -0.0497. The number of alkyl halides is 1. The van der Waals surface area contributed by atoms with E-state index in [9.17, 15) is 33.9 Å². The van der Waals surface area contributed by atoms with Crippen molar-refractivity contribution in [1.29, 1.82) is 0 Å². The van der Waals surface area contributed by atoms with Crippen LogP contribution in [0.2, 0.25) is 0 Å². The number of imidazole rings is 1. The van der Waals surface area contributed by atoms with Gasteiger partial charge in [-0.1, -0.05) is 15.9 Å². The molecule has 17 nitrogen and oxygen atoms in total. The van der Waals surface area contributed by atoms with E-state index in [0.29, 0.717) is 5.56 Å². The van der Waals surface area contributed by atoms with Crippen LogP contribution in [0.15, 0.2) is 37.2 Å². The number of carbonyl (C=O) groups is 1. The van der Waals surface area contributed by atoms with E-state index in [1.165, 1.54) is 17.2 Å². The van der Waals surface area contributed by atoms with E-state index in [0.717, 1.165) is 0 Å². The maximum absolute atomic E-state index is 12.3. The predicted molar refractivity (Wildman–Crippen MR) is 135 cm³/mol. The van der Waals surface area contributed by atoms with Crippen molar-refractivity contribution >= 4 is 54.3 Å². The molecule has 0 saturated carbocycles. The Morgan fingerprint density at radius 2 is 2.02 bits per heavy atom. The first-order valence-electron chi connectivity index (χ1n) is 11.6. The number of aromatic nitrogens is 5. The molecule has 1 aliphatic rings. The van der Waals surface area contributed by atoms with Gasteiger partial charge in [0.15, 0.2) is 42.4 Å². The second kappa shape index (κ2) is 12.8. The fraction of sp³-hybridized carbons (Fsp3) is 0.450. The van der Waals surface area contributed by atoms with Crippen molar-refractivity contribution in [3.63, 3.8) is 0 Å². The summed E-state index contributed by atoms with van der Waals surface area (Å²) in [6, 6.07) is 3.29. The average molecular weight is 667 g/mol. The van der Waals surface area contributed by atoms with Crippen molar-refractivity contribution in [2.75, 3.05) is 24.3 Å². The highest BCUT2D eigenvalue weighted by Gasteiger charge is 2.45. The summed E-state index contributed by atoms with van der Waals surface area (Å²) in [4.78, 5) is 45.6. The topological polar surface area (TPSA) is 245 Å². The molecule has 0 aliphatic carbocycles. The second-order valence-electron chi connectivity index (χ2n) is 8.50. The highest BCUT2D eigenvalue weighted by atomic mass is 79.9.